The SMILES string of the molecule is CCOC(=O)CCCN1C2CCCC1CC(=O)C2. The first-order valence-corrected chi connectivity index (χ1v) is 7.13. The minimum Gasteiger partial charge on any atom is -0.466 e. The molecule has 0 N–H and O–H groups in total. The summed E-state index contributed by atoms with van der Waals surface area (Å²) < 4.78 is 4.93. The minimum absolute atomic E-state index is 0.101. The molecule has 102 valence electrons. The molecule has 4 nitrogen and oxygen atoms in total. The predicted molar refractivity (Wildman–Crippen MR) is 68.2 cm³/mol. The molecule has 2 rings (SSSR count). The van der Waals surface area contributed by atoms with Crippen LogP contribution in [0.2, 0.25) is 0 Å². The van der Waals surface area contributed by atoms with Gasteiger partial charge in [-0.25, -0.2) is 0 Å². The molecule has 0 aliphatic carbocycles. The highest BCUT2D eigenvalue weighted by Gasteiger charge is 2.36. The second-order valence-electron chi connectivity index (χ2n) is 5.33. The Balaban J connectivity index is 1.78. The van der Waals surface area contributed by atoms with Gasteiger partial charge in [-0.1, -0.05) is 6.42 Å². The first kappa shape index (κ1) is 13.5. The molecule has 0 aromatic rings. The van der Waals surface area contributed by atoms with Gasteiger partial charge in [-0.15, -0.1) is 0 Å². The van der Waals surface area contributed by atoms with E-state index < -0.39 is 0 Å². The van der Waals surface area contributed by atoms with Crippen molar-refractivity contribution in [1.82, 2.24) is 4.90 Å². The quantitative estimate of drug-likeness (QED) is 0.702. The smallest absolute Gasteiger partial charge is 0.305 e. The topological polar surface area (TPSA) is 46.6 Å². The zero-order valence-corrected chi connectivity index (χ0v) is 11.2. The molecule has 2 bridgehead atoms. The van der Waals surface area contributed by atoms with Gasteiger partial charge in [-0.3, -0.25) is 14.5 Å². The van der Waals surface area contributed by atoms with Crippen molar-refractivity contribution in [2.45, 2.75) is 64.0 Å². The average molecular weight is 253 g/mol. The molecule has 4 heteroatoms. The van der Waals surface area contributed by atoms with Gasteiger partial charge in [-0.05, 0) is 32.7 Å². The van der Waals surface area contributed by atoms with E-state index in [1.807, 2.05) is 6.92 Å². The number of piperidine rings is 2. The maximum Gasteiger partial charge on any atom is 0.305 e. The number of hydrogen-bond acceptors (Lipinski definition) is 4. The fraction of sp³-hybridized carbons (Fsp3) is 0.857. The van der Waals surface area contributed by atoms with Crippen LogP contribution in [0.5, 0.6) is 0 Å². The van der Waals surface area contributed by atoms with Crippen LogP contribution in [-0.2, 0) is 14.3 Å². The molecule has 0 saturated carbocycles. The molecule has 2 aliphatic rings. The lowest BCUT2D eigenvalue weighted by atomic mass is 9.83. The Labute approximate surface area is 109 Å². The van der Waals surface area contributed by atoms with E-state index in [2.05, 4.69) is 4.90 Å². The van der Waals surface area contributed by atoms with E-state index in [0.29, 0.717) is 30.9 Å². The summed E-state index contributed by atoms with van der Waals surface area (Å²) >= 11 is 0. The number of esters is 1. The molecule has 2 aliphatic heterocycles. The van der Waals surface area contributed by atoms with E-state index in [-0.39, 0.29) is 5.97 Å². The Morgan fingerprint density at radius 3 is 2.61 bits per heavy atom. The van der Waals surface area contributed by atoms with Crippen molar-refractivity contribution in [1.29, 1.82) is 0 Å². The van der Waals surface area contributed by atoms with Crippen molar-refractivity contribution in [3.8, 4) is 0 Å². The van der Waals surface area contributed by atoms with E-state index >= 15 is 0 Å². The van der Waals surface area contributed by atoms with E-state index in [1.165, 1.54) is 6.42 Å². The third kappa shape index (κ3) is 3.31. The minimum atomic E-state index is -0.101. The Morgan fingerprint density at radius 2 is 2.00 bits per heavy atom. The Kier molecular flexibility index (Phi) is 4.75. The fourth-order valence-corrected chi connectivity index (χ4v) is 3.27. The summed E-state index contributed by atoms with van der Waals surface area (Å²) in [4.78, 5) is 25.3. The van der Waals surface area contributed by atoms with E-state index in [1.54, 1.807) is 0 Å². The fourth-order valence-electron chi connectivity index (χ4n) is 3.27. The summed E-state index contributed by atoms with van der Waals surface area (Å²) in [6.45, 7) is 3.22. The summed E-state index contributed by atoms with van der Waals surface area (Å²) in [7, 11) is 0. The van der Waals surface area contributed by atoms with Gasteiger partial charge < -0.3 is 4.74 Å². The monoisotopic (exact) mass is 253 g/mol. The molecule has 2 fully saturated rings. The van der Waals surface area contributed by atoms with Crippen molar-refractivity contribution >= 4 is 11.8 Å². The lowest BCUT2D eigenvalue weighted by molar-refractivity contribution is -0.143. The largest absolute Gasteiger partial charge is 0.466 e. The average Bonchev–Trinajstić information content (AvgIpc) is 2.30. The van der Waals surface area contributed by atoms with Crippen LogP contribution < -0.4 is 0 Å². The number of ketones is 1. The second kappa shape index (κ2) is 6.32. The molecule has 2 heterocycles. The van der Waals surface area contributed by atoms with Crippen molar-refractivity contribution in [3.05, 3.63) is 0 Å². The maximum absolute atomic E-state index is 11.6. The number of nitrogens with zero attached hydrogens (tertiary/aromatic N) is 1. The summed E-state index contributed by atoms with van der Waals surface area (Å²) in [5.74, 6) is 0.321. The van der Waals surface area contributed by atoms with E-state index in [9.17, 15) is 9.59 Å². The number of fused-ring (bicyclic) bond motifs is 2. The summed E-state index contributed by atoms with van der Waals surface area (Å²) in [6, 6.07) is 0.874. The molecule has 0 aromatic carbocycles. The van der Waals surface area contributed by atoms with Crippen molar-refractivity contribution in [2.24, 2.45) is 0 Å². The lowest BCUT2D eigenvalue weighted by Crippen LogP contribution is -2.52. The van der Waals surface area contributed by atoms with E-state index in [4.69, 9.17) is 4.74 Å². The molecular formula is C14H23NO3. The summed E-state index contributed by atoms with van der Waals surface area (Å²) in [5, 5.41) is 0. The predicted octanol–water partition coefficient (Wildman–Crippen LogP) is 1.92. The van der Waals surface area contributed by atoms with Gasteiger partial charge in [0, 0.05) is 31.3 Å². The lowest BCUT2D eigenvalue weighted by Gasteiger charge is -2.45. The van der Waals surface area contributed by atoms with Crippen LogP contribution in [0.3, 0.4) is 0 Å². The number of ether oxygens (including phenoxy) is 1. The van der Waals surface area contributed by atoms with Crippen LogP contribution in [0.4, 0.5) is 0 Å². The molecule has 0 radical (unpaired) electrons. The highest BCUT2D eigenvalue weighted by atomic mass is 16.5. The number of hydrogen-bond donors (Lipinski definition) is 0. The van der Waals surface area contributed by atoms with Gasteiger partial charge in [0.15, 0.2) is 0 Å². The summed E-state index contributed by atoms with van der Waals surface area (Å²) in [5.41, 5.74) is 0. The van der Waals surface area contributed by atoms with Gasteiger partial charge in [0.05, 0.1) is 6.61 Å². The molecule has 18 heavy (non-hydrogen) atoms. The van der Waals surface area contributed by atoms with Crippen LogP contribution in [0.15, 0.2) is 0 Å². The van der Waals surface area contributed by atoms with Crippen LogP contribution in [0.25, 0.3) is 0 Å². The number of carbonyl (C=O) groups excluding carboxylic acids is 2. The highest BCUT2D eigenvalue weighted by molar-refractivity contribution is 5.80. The molecule has 0 amide bonds. The summed E-state index contributed by atoms with van der Waals surface area (Å²) in [6.07, 6.45) is 6.31. The van der Waals surface area contributed by atoms with Gasteiger partial charge in [0.25, 0.3) is 0 Å². The first-order valence-electron chi connectivity index (χ1n) is 7.13. The van der Waals surface area contributed by atoms with Gasteiger partial charge >= 0.3 is 5.97 Å². The van der Waals surface area contributed by atoms with Gasteiger partial charge in [0.2, 0.25) is 0 Å². The third-order valence-corrected chi connectivity index (χ3v) is 4.04. The standard InChI is InChI=1S/C14H23NO3/c1-2-18-14(17)7-4-8-15-11-5-3-6-12(15)10-13(16)9-11/h11-12H,2-10H2,1H3. The normalized spacial score (nSPS) is 28.2. The number of rotatable bonds is 5. The molecular weight excluding hydrogens is 230 g/mol. The first-order chi connectivity index (χ1) is 8.70. The van der Waals surface area contributed by atoms with Crippen LogP contribution in [-0.4, -0.2) is 41.9 Å². The van der Waals surface area contributed by atoms with Gasteiger partial charge in [-0.2, -0.15) is 0 Å². The Hall–Kier alpha value is -0.900. The number of Topliss-reactive ketones (excluding diaryl/α,β-unsaturated/α-hetero) is 1. The zero-order chi connectivity index (χ0) is 13.0. The highest BCUT2D eigenvalue weighted by Crippen LogP contribution is 2.32. The van der Waals surface area contributed by atoms with Crippen molar-refractivity contribution in [3.63, 3.8) is 0 Å². The van der Waals surface area contributed by atoms with Crippen molar-refractivity contribution in [2.75, 3.05) is 13.2 Å². The Morgan fingerprint density at radius 1 is 1.33 bits per heavy atom. The van der Waals surface area contributed by atoms with Crippen LogP contribution in [0.1, 0.15) is 51.9 Å². The second-order valence-corrected chi connectivity index (χ2v) is 5.33. The third-order valence-electron chi connectivity index (χ3n) is 4.04. The number of carbonyl (C=O) groups is 2. The molecule has 0 spiro atoms. The molecule has 0 aromatic heterocycles. The Bertz CT molecular complexity index is 300. The maximum atomic E-state index is 11.6. The van der Waals surface area contributed by atoms with Crippen LogP contribution >= 0.6 is 0 Å². The zero-order valence-electron chi connectivity index (χ0n) is 11.2. The van der Waals surface area contributed by atoms with E-state index in [0.717, 1.165) is 38.6 Å². The molecule has 2 atom stereocenters. The van der Waals surface area contributed by atoms with Crippen molar-refractivity contribution < 1.29 is 14.3 Å². The van der Waals surface area contributed by atoms with Crippen LogP contribution in [0, 0.1) is 0 Å². The van der Waals surface area contributed by atoms with Gasteiger partial charge in [0.1, 0.15) is 5.78 Å². The molecule has 2 unspecified atom stereocenters. The molecule has 2 saturated heterocycles.